The molecule has 0 saturated heterocycles. The van der Waals surface area contributed by atoms with Crippen molar-refractivity contribution in [3.8, 4) is 5.75 Å². The Morgan fingerprint density at radius 1 is 1.24 bits per heavy atom. The molecular formula is C21H22N4O4. The summed E-state index contributed by atoms with van der Waals surface area (Å²) >= 11 is 0. The zero-order valence-corrected chi connectivity index (χ0v) is 16.5. The van der Waals surface area contributed by atoms with E-state index in [0.717, 1.165) is 11.4 Å². The second-order valence-electron chi connectivity index (χ2n) is 7.08. The molecule has 1 aliphatic rings. The van der Waals surface area contributed by atoms with E-state index in [1.54, 1.807) is 6.07 Å². The highest BCUT2D eigenvalue weighted by molar-refractivity contribution is 5.82. The summed E-state index contributed by atoms with van der Waals surface area (Å²) < 4.78 is 5.23. The van der Waals surface area contributed by atoms with Gasteiger partial charge in [0.2, 0.25) is 0 Å². The van der Waals surface area contributed by atoms with Gasteiger partial charge >= 0.3 is 5.69 Å². The molecule has 0 aliphatic carbocycles. The van der Waals surface area contributed by atoms with E-state index in [0.29, 0.717) is 0 Å². The van der Waals surface area contributed by atoms with Gasteiger partial charge in [0.25, 0.3) is 5.91 Å². The molecule has 0 saturated carbocycles. The number of amides is 1. The zero-order valence-electron chi connectivity index (χ0n) is 16.5. The van der Waals surface area contributed by atoms with Gasteiger partial charge in [0, 0.05) is 36.1 Å². The number of nitro benzene ring substituents is 1. The monoisotopic (exact) mass is 394 g/mol. The number of benzene rings is 2. The molecule has 0 atom stereocenters. The number of nitro groups is 1. The summed E-state index contributed by atoms with van der Waals surface area (Å²) in [5.74, 6) is -0.481. The number of carbonyl (C=O) groups is 1. The lowest BCUT2D eigenvalue weighted by atomic mass is 9.84. The number of hydrogen-bond donors (Lipinski definition) is 1. The fraction of sp³-hybridized carbons (Fsp3) is 0.238. The molecule has 0 spiro atoms. The standard InChI is InChI=1S/C21H22N4O4/c1-21(2)15-8-4-5-9-16(15)24(3)19(21)12-13-22-23-20(26)14-29-18-11-7-6-10-17(18)25(27)28/h4-13H,14H2,1-3H3,(H,23,26)/b19-12-,22-13-. The third kappa shape index (κ3) is 4.11. The lowest BCUT2D eigenvalue weighted by Gasteiger charge is -2.23. The molecule has 0 fully saturated rings. The van der Waals surface area contributed by atoms with Crippen LogP contribution in [0.1, 0.15) is 19.4 Å². The number of nitrogens with zero attached hydrogens (tertiary/aromatic N) is 3. The number of para-hydroxylation sites is 3. The van der Waals surface area contributed by atoms with E-state index in [9.17, 15) is 14.9 Å². The predicted octanol–water partition coefficient (Wildman–Crippen LogP) is 3.39. The van der Waals surface area contributed by atoms with Gasteiger partial charge in [-0.25, -0.2) is 5.43 Å². The van der Waals surface area contributed by atoms with E-state index in [4.69, 9.17) is 4.74 Å². The fourth-order valence-electron chi connectivity index (χ4n) is 3.42. The Labute approximate surface area is 168 Å². The summed E-state index contributed by atoms with van der Waals surface area (Å²) in [5, 5.41) is 14.9. The van der Waals surface area contributed by atoms with E-state index < -0.39 is 10.8 Å². The topological polar surface area (TPSA) is 97.1 Å². The van der Waals surface area contributed by atoms with Crippen molar-refractivity contribution in [3.63, 3.8) is 0 Å². The van der Waals surface area contributed by atoms with Gasteiger partial charge in [-0.05, 0) is 23.8 Å². The van der Waals surface area contributed by atoms with Crippen molar-refractivity contribution < 1.29 is 14.5 Å². The maximum absolute atomic E-state index is 11.9. The highest BCUT2D eigenvalue weighted by Gasteiger charge is 2.37. The number of fused-ring (bicyclic) bond motifs is 1. The van der Waals surface area contributed by atoms with Crippen LogP contribution in [0.3, 0.4) is 0 Å². The highest BCUT2D eigenvalue weighted by Crippen LogP contribution is 2.46. The average molecular weight is 394 g/mol. The normalized spacial score (nSPS) is 16.1. The molecule has 1 heterocycles. The molecule has 1 amide bonds. The molecule has 2 aromatic carbocycles. The Hall–Kier alpha value is -3.68. The Morgan fingerprint density at radius 2 is 1.93 bits per heavy atom. The molecule has 3 rings (SSSR count). The largest absolute Gasteiger partial charge is 0.477 e. The van der Waals surface area contributed by atoms with Crippen LogP contribution in [0, 0.1) is 10.1 Å². The fourth-order valence-corrected chi connectivity index (χ4v) is 3.42. The number of hydrogen-bond acceptors (Lipinski definition) is 6. The molecule has 0 aromatic heterocycles. The number of allylic oxidation sites excluding steroid dienone is 2. The van der Waals surface area contributed by atoms with Gasteiger partial charge in [0.1, 0.15) is 0 Å². The Kier molecular flexibility index (Phi) is 5.63. The molecule has 1 N–H and O–H groups in total. The number of rotatable bonds is 6. The van der Waals surface area contributed by atoms with Crippen LogP contribution in [0.5, 0.6) is 5.75 Å². The van der Waals surface area contributed by atoms with E-state index in [1.807, 2.05) is 25.3 Å². The van der Waals surface area contributed by atoms with Gasteiger partial charge in [-0.2, -0.15) is 5.10 Å². The Balaban J connectivity index is 1.60. The predicted molar refractivity (Wildman–Crippen MR) is 111 cm³/mol. The van der Waals surface area contributed by atoms with E-state index in [1.165, 1.54) is 30.0 Å². The summed E-state index contributed by atoms with van der Waals surface area (Å²) in [6.45, 7) is 3.89. The second kappa shape index (κ2) is 8.14. The minimum absolute atomic E-state index is 0.0332. The number of nitrogens with one attached hydrogen (secondary N) is 1. The van der Waals surface area contributed by atoms with Gasteiger partial charge in [-0.15, -0.1) is 0 Å². The van der Waals surface area contributed by atoms with Crippen LogP contribution in [0.2, 0.25) is 0 Å². The zero-order chi connectivity index (χ0) is 21.0. The highest BCUT2D eigenvalue weighted by atomic mass is 16.6. The van der Waals surface area contributed by atoms with Crippen molar-refractivity contribution >= 4 is 23.5 Å². The molecule has 150 valence electrons. The molecule has 1 aliphatic heterocycles. The number of likely N-dealkylation sites (N-methyl/N-ethyl adjacent to an activating group) is 1. The number of ether oxygens (including phenoxy) is 1. The van der Waals surface area contributed by atoms with E-state index >= 15 is 0 Å². The van der Waals surface area contributed by atoms with E-state index in [-0.39, 0.29) is 23.5 Å². The van der Waals surface area contributed by atoms with Crippen molar-refractivity contribution in [2.75, 3.05) is 18.6 Å². The maximum Gasteiger partial charge on any atom is 0.310 e. The number of anilines is 1. The van der Waals surface area contributed by atoms with Crippen molar-refractivity contribution in [2.45, 2.75) is 19.3 Å². The minimum Gasteiger partial charge on any atom is -0.477 e. The van der Waals surface area contributed by atoms with Crippen LogP contribution in [0.4, 0.5) is 11.4 Å². The average Bonchev–Trinajstić information content (AvgIpc) is 2.90. The molecular weight excluding hydrogens is 372 g/mol. The third-order valence-corrected chi connectivity index (χ3v) is 4.86. The lowest BCUT2D eigenvalue weighted by molar-refractivity contribution is -0.385. The van der Waals surface area contributed by atoms with Crippen molar-refractivity contribution in [3.05, 3.63) is 76.0 Å². The second-order valence-corrected chi connectivity index (χ2v) is 7.08. The number of hydrazone groups is 1. The molecule has 8 nitrogen and oxygen atoms in total. The van der Waals surface area contributed by atoms with E-state index in [2.05, 4.69) is 41.4 Å². The van der Waals surface area contributed by atoms with Crippen LogP contribution in [0.15, 0.2) is 65.4 Å². The summed E-state index contributed by atoms with van der Waals surface area (Å²) in [6.07, 6.45) is 3.37. The van der Waals surface area contributed by atoms with Crippen LogP contribution in [0.25, 0.3) is 0 Å². The van der Waals surface area contributed by atoms with Crippen LogP contribution < -0.4 is 15.1 Å². The SMILES string of the molecule is CN1/C(=C\C=N/NC(=O)COc2ccccc2[N+](=O)[O-])C(C)(C)c2ccccc21. The summed E-state index contributed by atoms with van der Waals surface area (Å²) in [4.78, 5) is 24.4. The molecule has 29 heavy (non-hydrogen) atoms. The minimum atomic E-state index is -0.560. The maximum atomic E-state index is 11.9. The first kappa shape index (κ1) is 20.1. The lowest BCUT2D eigenvalue weighted by Crippen LogP contribution is -2.25. The smallest absolute Gasteiger partial charge is 0.310 e. The van der Waals surface area contributed by atoms with Crippen molar-refractivity contribution in [2.24, 2.45) is 5.10 Å². The molecule has 0 bridgehead atoms. The Bertz CT molecular complexity index is 998. The first-order chi connectivity index (χ1) is 13.8. The summed E-state index contributed by atoms with van der Waals surface area (Å²) in [7, 11) is 1.99. The van der Waals surface area contributed by atoms with Gasteiger partial charge in [0.15, 0.2) is 12.4 Å². The van der Waals surface area contributed by atoms with Crippen LogP contribution >= 0.6 is 0 Å². The van der Waals surface area contributed by atoms with Gasteiger partial charge in [-0.3, -0.25) is 14.9 Å². The Morgan fingerprint density at radius 3 is 2.66 bits per heavy atom. The van der Waals surface area contributed by atoms with Gasteiger partial charge in [-0.1, -0.05) is 44.2 Å². The molecule has 8 heteroatoms. The first-order valence-electron chi connectivity index (χ1n) is 9.04. The van der Waals surface area contributed by atoms with Crippen molar-refractivity contribution in [1.29, 1.82) is 0 Å². The molecule has 0 unspecified atom stereocenters. The molecule has 2 aromatic rings. The quantitative estimate of drug-likeness (QED) is 0.460. The van der Waals surface area contributed by atoms with Crippen LogP contribution in [-0.4, -0.2) is 30.7 Å². The number of carbonyl (C=O) groups excluding carboxylic acids is 1. The summed E-state index contributed by atoms with van der Waals surface area (Å²) in [5.41, 5.74) is 5.40. The van der Waals surface area contributed by atoms with Crippen molar-refractivity contribution in [1.82, 2.24) is 5.43 Å². The first-order valence-corrected chi connectivity index (χ1v) is 9.04. The van der Waals surface area contributed by atoms with Crippen LogP contribution in [-0.2, 0) is 10.2 Å². The van der Waals surface area contributed by atoms with Gasteiger partial charge in [0.05, 0.1) is 4.92 Å². The summed E-state index contributed by atoms with van der Waals surface area (Å²) in [6, 6.07) is 14.1. The third-order valence-electron chi connectivity index (χ3n) is 4.86. The van der Waals surface area contributed by atoms with Gasteiger partial charge < -0.3 is 9.64 Å². The molecule has 0 radical (unpaired) electrons.